The molecular formula is C32H38N2O2. The van der Waals surface area contributed by atoms with Crippen LogP contribution >= 0.6 is 0 Å². The molecule has 188 valence electrons. The van der Waals surface area contributed by atoms with Crippen LogP contribution in [0.1, 0.15) is 69.5 Å². The number of carbonyl (C=O) groups excluding carboxylic acids is 2. The lowest BCUT2D eigenvalue weighted by molar-refractivity contribution is -0.133. The summed E-state index contributed by atoms with van der Waals surface area (Å²) in [5.74, 6) is 2.21. The van der Waals surface area contributed by atoms with Crippen molar-refractivity contribution in [2.75, 3.05) is 6.54 Å². The van der Waals surface area contributed by atoms with E-state index in [4.69, 9.17) is 0 Å². The summed E-state index contributed by atoms with van der Waals surface area (Å²) in [7, 11) is 0. The average molecular weight is 483 g/mol. The summed E-state index contributed by atoms with van der Waals surface area (Å²) in [4.78, 5) is 26.1. The molecule has 4 nitrogen and oxygen atoms in total. The zero-order valence-electron chi connectivity index (χ0n) is 21.5. The summed E-state index contributed by atoms with van der Waals surface area (Å²) in [6.07, 6.45) is 7.82. The van der Waals surface area contributed by atoms with Crippen LogP contribution in [0.3, 0.4) is 0 Å². The highest BCUT2D eigenvalue weighted by Crippen LogP contribution is 2.64. The molecule has 2 N–H and O–H groups in total. The molecule has 4 heteroatoms. The summed E-state index contributed by atoms with van der Waals surface area (Å²) in [5, 5.41) is 7.16. The predicted octanol–water partition coefficient (Wildman–Crippen LogP) is 5.81. The number of piperidine rings is 1. The lowest BCUT2D eigenvalue weighted by atomic mass is 9.50. The molecule has 3 aliphatic carbocycles. The van der Waals surface area contributed by atoms with Gasteiger partial charge in [-0.15, -0.1) is 0 Å². The van der Waals surface area contributed by atoms with Gasteiger partial charge in [0.1, 0.15) is 0 Å². The molecule has 1 amide bonds. The highest BCUT2D eigenvalue weighted by atomic mass is 16.2. The summed E-state index contributed by atoms with van der Waals surface area (Å²) in [6.45, 7) is 5.70. The third-order valence-corrected chi connectivity index (χ3v) is 10.5. The van der Waals surface area contributed by atoms with E-state index in [0.29, 0.717) is 24.2 Å². The van der Waals surface area contributed by atoms with Crippen molar-refractivity contribution in [1.82, 2.24) is 10.6 Å². The van der Waals surface area contributed by atoms with Gasteiger partial charge in [-0.1, -0.05) is 74.5 Å². The smallest absolute Gasteiger partial charge is 0.224 e. The standard InChI is InChI=1S/C32H38N2O2/c1-31-18-16-26-24(20-33-28-19-23(35)15-17-32(26,28)2)25(31)13-14-27(31)30(36)34-29(21-9-5-3-6-10-21)22-11-7-4-8-12-22/h3-12,19,24-27,29,33H,13-18,20H2,1-2H3,(H,34,36)/t24-,25-,26-,27?,31-,32+/m0/s1. The van der Waals surface area contributed by atoms with Crippen LogP contribution in [0.5, 0.6) is 0 Å². The molecule has 0 spiro atoms. The van der Waals surface area contributed by atoms with Gasteiger partial charge in [0, 0.05) is 36.1 Å². The molecule has 36 heavy (non-hydrogen) atoms. The van der Waals surface area contributed by atoms with Crippen LogP contribution in [0.15, 0.2) is 72.4 Å². The zero-order chi connectivity index (χ0) is 24.9. The van der Waals surface area contributed by atoms with Crippen molar-refractivity contribution >= 4 is 11.7 Å². The quantitative estimate of drug-likeness (QED) is 0.578. The first-order valence-corrected chi connectivity index (χ1v) is 13.8. The Bertz CT molecular complexity index is 1140. The van der Waals surface area contributed by atoms with Gasteiger partial charge in [0.05, 0.1) is 6.04 Å². The Kier molecular flexibility index (Phi) is 5.81. The number of fused-ring (bicyclic) bond motifs is 5. The first-order chi connectivity index (χ1) is 17.4. The van der Waals surface area contributed by atoms with Crippen molar-refractivity contribution in [3.8, 4) is 0 Å². The lowest BCUT2D eigenvalue weighted by Crippen LogP contribution is -2.57. The number of rotatable bonds is 4. The van der Waals surface area contributed by atoms with Crippen LogP contribution in [-0.4, -0.2) is 18.2 Å². The number of hydrogen-bond donors (Lipinski definition) is 2. The number of carbonyl (C=O) groups is 2. The van der Waals surface area contributed by atoms with Gasteiger partial charge in [0.15, 0.2) is 5.78 Å². The summed E-state index contributed by atoms with van der Waals surface area (Å²) in [5.41, 5.74) is 3.51. The Balaban J connectivity index is 1.24. The van der Waals surface area contributed by atoms with E-state index in [0.717, 1.165) is 49.8 Å². The van der Waals surface area contributed by atoms with Crippen molar-refractivity contribution in [3.63, 3.8) is 0 Å². The number of allylic oxidation sites excluding steroid dienone is 2. The SMILES string of the molecule is C[C@]12CCC(=O)C=C1NC[C@@H]1[C@@H]2CC[C@]2(C)C(C(=O)NC(c3ccccc3)c3ccccc3)CC[C@@H]12. The van der Waals surface area contributed by atoms with Gasteiger partial charge in [0.2, 0.25) is 5.91 Å². The number of hydrogen-bond acceptors (Lipinski definition) is 3. The molecule has 0 radical (unpaired) electrons. The maximum Gasteiger partial charge on any atom is 0.224 e. The minimum atomic E-state index is -0.137. The van der Waals surface area contributed by atoms with E-state index in [-0.39, 0.29) is 34.5 Å². The molecule has 6 atom stereocenters. The van der Waals surface area contributed by atoms with Gasteiger partial charge in [-0.2, -0.15) is 0 Å². The second-order valence-corrected chi connectivity index (χ2v) is 12.1. The van der Waals surface area contributed by atoms with Crippen molar-refractivity contribution in [2.45, 2.75) is 58.4 Å². The Morgan fingerprint density at radius 3 is 2.25 bits per heavy atom. The summed E-state index contributed by atoms with van der Waals surface area (Å²) < 4.78 is 0. The second kappa shape index (κ2) is 8.90. The van der Waals surface area contributed by atoms with E-state index in [9.17, 15) is 9.59 Å². The van der Waals surface area contributed by atoms with Gasteiger partial charge < -0.3 is 10.6 Å². The molecule has 4 aliphatic rings. The van der Waals surface area contributed by atoms with E-state index < -0.39 is 0 Å². The van der Waals surface area contributed by atoms with E-state index >= 15 is 0 Å². The van der Waals surface area contributed by atoms with Crippen LogP contribution in [0.2, 0.25) is 0 Å². The fraction of sp³-hybridized carbons (Fsp3) is 0.500. The van der Waals surface area contributed by atoms with Gasteiger partial charge in [-0.05, 0) is 66.4 Å². The van der Waals surface area contributed by atoms with Crippen LogP contribution in [0.4, 0.5) is 0 Å². The highest BCUT2D eigenvalue weighted by molar-refractivity contribution is 5.91. The Hall–Kier alpha value is -2.88. The fourth-order valence-corrected chi connectivity index (χ4v) is 8.47. The Morgan fingerprint density at radius 1 is 0.917 bits per heavy atom. The van der Waals surface area contributed by atoms with Gasteiger partial charge in [-0.25, -0.2) is 0 Å². The Morgan fingerprint density at radius 2 is 1.58 bits per heavy atom. The molecule has 2 aromatic rings. The van der Waals surface area contributed by atoms with E-state index in [1.54, 1.807) is 0 Å². The highest BCUT2D eigenvalue weighted by Gasteiger charge is 2.60. The second-order valence-electron chi connectivity index (χ2n) is 12.1. The molecule has 1 heterocycles. The third-order valence-electron chi connectivity index (χ3n) is 10.5. The van der Waals surface area contributed by atoms with Crippen LogP contribution in [-0.2, 0) is 9.59 Å². The maximum atomic E-state index is 14.0. The molecule has 2 aromatic carbocycles. The minimum absolute atomic E-state index is 0.0208. The van der Waals surface area contributed by atoms with Crippen LogP contribution < -0.4 is 10.6 Å². The van der Waals surface area contributed by atoms with Crippen molar-refractivity contribution in [1.29, 1.82) is 0 Å². The van der Waals surface area contributed by atoms with E-state index in [1.807, 2.05) is 42.5 Å². The number of nitrogens with one attached hydrogen (secondary N) is 2. The average Bonchev–Trinajstić information content (AvgIpc) is 3.26. The fourth-order valence-electron chi connectivity index (χ4n) is 8.47. The molecule has 1 unspecified atom stereocenters. The van der Waals surface area contributed by atoms with Gasteiger partial charge in [-0.3, -0.25) is 9.59 Å². The third kappa shape index (κ3) is 3.72. The van der Waals surface area contributed by atoms with Crippen LogP contribution in [0.25, 0.3) is 0 Å². The molecular weight excluding hydrogens is 444 g/mol. The Labute approximate surface area is 214 Å². The lowest BCUT2D eigenvalue weighted by Gasteiger charge is -2.58. The molecule has 2 saturated carbocycles. The topological polar surface area (TPSA) is 58.2 Å². The zero-order valence-corrected chi connectivity index (χ0v) is 21.5. The minimum Gasteiger partial charge on any atom is -0.387 e. The van der Waals surface area contributed by atoms with Crippen molar-refractivity contribution in [3.05, 3.63) is 83.6 Å². The number of benzene rings is 2. The predicted molar refractivity (Wildman–Crippen MR) is 142 cm³/mol. The molecule has 1 aliphatic heterocycles. The molecule has 6 rings (SSSR count). The normalized spacial score (nSPS) is 35.2. The van der Waals surface area contributed by atoms with E-state index in [1.165, 1.54) is 5.70 Å². The van der Waals surface area contributed by atoms with Crippen molar-refractivity contribution < 1.29 is 9.59 Å². The molecule has 1 saturated heterocycles. The first kappa shape index (κ1) is 23.5. The van der Waals surface area contributed by atoms with Crippen LogP contribution in [0, 0.1) is 34.5 Å². The summed E-state index contributed by atoms with van der Waals surface area (Å²) in [6, 6.07) is 20.5. The largest absolute Gasteiger partial charge is 0.387 e. The summed E-state index contributed by atoms with van der Waals surface area (Å²) >= 11 is 0. The van der Waals surface area contributed by atoms with E-state index in [2.05, 4.69) is 48.7 Å². The monoisotopic (exact) mass is 482 g/mol. The number of amides is 1. The first-order valence-electron chi connectivity index (χ1n) is 13.8. The molecule has 0 bridgehead atoms. The maximum absolute atomic E-state index is 14.0. The molecule has 0 aromatic heterocycles. The van der Waals surface area contributed by atoms with Gasteiger partial charge in [0.25, 0.3) is 0 Å². The molecule has 3 fully saturated rings. The van der Waals surface area contributed by atoms with Crippen molar-refractivity contribution in [2.24, 2.45) is 34.5 Å². The van der Waals surface area contributed by atoms with Gasteiger partial charge >= 0.3 is 0 Å². The number of ketones is 1.